The van der Waals surface area contributed by atoms with Gasteiger partial charge < -0.3 is 34.9 Å². The average molecular weight is 542 g/mol. The summed E-state index contributed by atoms with van der Waals surface area (Å²) < 4.78 is 21.6. The predicted octanol–water partition coefficient (Wildman–Crippen LogP) is 2.34. The molecule has 0 saturated carbocycles. The van der Waals surface area contributed by atoms with E-state index in [4.69, 9.17) is 14.2 Å². The van der Waals surface area contributed by atoms with Crippen LogP contribution in [0, 0.1) is 0 Å². The van der Waals surface area contributed by atoms with Gasteiger partial charge in [-0.2, -0.15) is 0 Å². The van der Waals surface area contributed by atoms with Crippen molar-refractivity contribution in [3.05, 3.63) is 45.6 Å². The van der Waals surface area contributed by atoms with Crippen LogP contribution in [0.5, 0.6) is 17.2 Å². The number of hydrogen-bond acceptors (Lipinski definition) is 9. The minimum absolute atomic E-state index is 0.166. The first-order chi connectivity index (χ1) is 18.6. The van der Waals surface area contributed by atoms with Gasteiger partial charge in [0.15, 0.2) is 11.5 Å². The SMILES string of the molecule is COC(=O)[C@@H](C)NC(=O)[C@@H](C)Nc1ccc2c(cc1=O)[C@H](NC(C)=O)CCc1cc(OC)c(OC)c(OC)c1-2. The van der Waals surface area contributed by atoms with Gasteiger partial charge in [-0.3, -0.25) is 14.4 Å². The number of carbonyl (C=O) groups is 3. The number of carbonyl (C=O) groups excluding carboxylic acids is 3. The second-order valence-electron chi connectivity index (χ2n) is 9.22. The summed E-state index contributed by atoms with van der Waals surface area (Å²) in [5, 5.41) is 8.45. The van der Waals surface area contributed by atoms with E-state index < -0.39 is 30.0 Å². The van der Waals surface area contributed by atoms with Crippen LogP contribution < -0.4 is 35.6 Å². The molecule has 3 rings (SSSR count). The van der Waals surface area contributed by atoms with Crippen molar-refractivity contribution in [3.63, 3.8) is 0 Å². The Morgan fingerprint density at radius 2 is 1.64 bits per heavy atom. The van der Waals surface area contributed by atoms with E-state index in [9.17, 15) is 19.2 Å². The van der Waals surface area contributed by atoms with Crippen molar-refractivity contribution < 1.29 is 33.3 Å². The summed E-state index contributed by atoms with van der Waals surface area (Å²) in [6, 6.07) is 4.53. The molecule has 3 N–H and O–H groups in total. The number of amides is 2. The third kappa shape index (κ3) is 6.24. The molecule has 0 aliphatic heterocycles. The van der Waals surface area contributed by atoms with Gasteiger partial charge in [0, 0.05) is 12.5 Å². The van der Waals surface area contributed by atoms with Gasteiger partial charge >= 0.3 is 5.97 Å². The number of ether oxygens (including phenoxy) is 4. The number of anilines is 1. The average Bonchev–Trinajstić information content (AvgIpc) is 3.15. The van der Waals surface area contributed by atoms with Crippen molar-refractivity contribution in [1.29, 1.82) is 0 Å². The molecular formula is C28H35N3O8. The maximum Gasteiger partial charge on any atom is 0.328 e. The van der Waals surface area contributed by atoms with Gasteiger partial charge in [0.2, 0.25) is 23.0 Å². The zero-order valence-corrected chi connectivity index (χ0v) is 23.2. The monoisotopic (exact) mass is 541 g/mol. The summed E-state index contributed by atoms with van der Waals surface area (Å²) in [7, 11) is 5.81. The van der Waals surface area contributed by atoms with Crippen LogP contribution in [0.25, 0.3) is 11.1 Å². The smallest absolute Gasteiger partial charge is 0.328 e. The van der Waals surface area contributed by atoms with Crippen molar-refractivity contribution in [2.75, 3.05) is 33.8 Å². The molecule has 0 saturated heterocycles. The highest BCUT2D eigenvalue weighted by molar-refractivity contribution is 5.89. The van der Waals surface area contributed by atoms with Crippen LogP contribution in [0.1, 0.15) is 44.4 Å². The molecular weight excluding hydrogens is 506 g/mol. The van der Waals surface area contributed by atoms with E-state index in [0.29, 0.717) is 41.2 Å². The van der Waals surface area contributed by atoms with E-state index in [1.54, 1.807) is 26.2 Å². The van der Waals surface area contributed by atoms with E-state index in [-0.39, 0.29) is 17.0 Å². The highest BCUT2D eigenvalue weighted by Gasteiger charge is 2.29. The number of methoxy groups -OCH3 is 4. The van der Waals surface area contributed by atoms with E-state index in [1.165, 1.54) is 41.2 Å². The van der Waals surface area contributed by atoms with Crippen LogP contribution in [0.4, 0.5) is 5.69 Å². The van der Waals surface area contributed by atoms with Gasteiger partial charge in [-0.15, -0.1) is 0 Å². The zero-order chi connectivity index (χ0) is 28.9. The van der Waals surface area contributed by atoms with Crippen LogP contribution in [0.3, 0.4) is 0 Å². The Kier molecular flexibility index (Phi) is 9.39. The van der Waals surface area contributed by atoms with E-state index >= 15 is 0 Å². The van der Waals surface area contributed by atoms with Gasteiger partial charge in [-0.1, -0.05) is 6.07 Å². The Bertz CT molecular complexity index is 1330. The number of benzene rings is 1. The molecule has 1 aliphatic carbocycles. The van der Waals surface area contributed by atoms with Crippen molar-refractivity contribution in [2.24, 2.45) is 0 Å². The molecule has 0 spiro atoms. The van der Waals surface area contributed by atoms with Gasteiger partial charge in [-0.25, -0.2) is 4.79 Å². The number of hydrogen-bond donors (Lipinski definition) is 3. The summed E-state index contributed by atoms with van der Waals surface area (Å²) in [5.41, 5.74) is 2.67. The zero-order valence-electron chi connectivity index (χ0n) is 23.2. The lowest BCUT2D eigenvalue weighted by molar-refractivity contribution is -0.144. The highest BCUT2D eigenvalue weighted by atomic mass is 16.5. The highest BCUT2D eigenvalue weighted by Crippen LogP contribution is 2.50. The molecule has 0 radical (unpaired) electrons. The molecule has 11 nitrogen and oxygen atoms in total. The van der Waals surface area contributed by atoms with E-state index in [0.717, 1.165) is 11.1 Å². The van der Waals surface area contributed by atoms with Gasteiger partial charge in [0.1, 0.15) is 12.1 Å². The first kappa shape index (κ1) is 29.3. The molecule has 0 aromatic heterocycles. The largest absolute Gasteiger partial charge is 0.493 e. The predicted molar refractivity (Wildman–Crippen MR) is 145 cm³/mol. The maximum absolute atomic E-state index is 13.4. The van der Waals surface area contributed by atoms with Crippen molar-refractivity contribution >= 4 is 23.5 Å². The first-order valence-corrected chi connectivity index (χ1v) is 12.5. The van der Waals surface area contributed by atoms with Crippen molar-refractivity contribution in [2.45, 2.75) is 51.7 Å². The first-order valence-electron chi connectivity index (χ1n) is 12.5. The number of rotatable bonds is 9. The Morgan fingerprint density at radius 1 is 0.949 bits per heavy atom. The fraction of sp³-hybridized carbons (Fsp3) is 0.429. The molecule has 11 heteroatoms. The van der Waals surface area contributed by atoms with Crippen LogP contribution in [-0.4, -0.2) is 58.3 Å². The number of nitrogens with one attached hydrogen (secondary N) is 3. The Morgan fingerprint density at radius 3 is 2.23 bits per heavy atom. The topological polar surface area (TPSA) is 141 Å². The van der Waals surface area contributed by atoms with Crippen LogP contribution in [0.15, 0.2) is 29.1 Å². The van der Waals surface area contributed by atoms with E-state index in [1.807, 2.05) is 6.07 Å². The lowest BCUT2D eigenvalue weighted by atomic mass is 9.95. The van der Waals surface area contributed by atoms with Crippen LogP contribution in [0.2, 0.25) is 0 Å². The molecule has 2 aromatic rings. The van der Waals surface area contributed by atoms with Crippen LogP contribution >= 0.6 is 0 Å². The van der Waals surface area contributed by atoms with Gasteiger partial charge in [0.05, 0.1) is 40.2 Å². The quantitative estimate of drug-likeness (QED) is 0.408. The Hall–Kier alpha value is -4.28. The van der Waals surface area contributed by atoms with Crippen molar-refractivity contribution in [1.82, 2.24) is 10.6 Å². The summed E-state index contributed by atoms with van der Waals surface area (Å²) in [6.07, 6.45) is 1.10. The molecule has 0 bridgehead atoms. The molecule has 3 atom stereocenters. The van der Waals surface area contributed by atoms with E-state index in [2.05, 4.69) is 20.7 Å². The number of fused-ring (bicyclic) bond motifs is 3. The summed E-state index contributed by atoms with van der Waals surface area (Å²) in [6.45, 7) is 4.51. The van der Waals surface area contributed by atoms with Crippen molar-refractivity contribution in [3.8, 4) is 28.4 Å². The summed E-state index contributed by atoms with van der Waals surface area (Å²) in [4.78, 5) is 49.8. The van der Waals surface area contributed by atoms with Gasteiger partial charge in [-0.05, 0) is 61.6 Å². The second kappa shape index (κ2) is 12.5. The molecule has 0 heterocycles. The third-order valence-electron chi connectivity index (χ3n) is 6.59. The summed E-state index contributed by atoms with van der Waals surface area (Å²) in [5.74, 6) is 0.0373. The molecule has 210 valence electrons. The molecule has 2 amide bonds. The second-order valence-corrected chi connectivity index (χ2v) is 9.22. The third-order valence-corrected chi connectivity index (χ3v) is 6.59. The molecule has 1 aliphatic rings. The van der Waals surface area contributed by atoms with Gasteiger partial charge in [0.25, 0.3) is 0 Å². The number of aryl methyl sites for hydroxylation is 1. The normalized spacial score (nSPS) is 15.3. The minimum atomic E-state index is -0.851. The van der Waals surface area contributed by atoms with Crippen LogP contribution in [-0.2, 0) is 25.5 Å². The fourth-order valence-corrected chi connectivity index (χ4v) is 4.70. The molecule has 0 fully saturated rings. The molecule has 0 unspecified atom stereocenters. The summed E-state index contributed by atoms with van der Waals surface area (Å²) >= 11 is 0. The Labute approximate surface area is 227 Å². The fourth-order valence-electron chi connectivity index (χ4n) is 4.70. The lowest BCUT2D eigenvalue weighted by Crippen LogP contribution is -2.46. The molecule has 39 heavy (non-hydrogen) atoms. The number of esters is 1. The Balaban J connectivity index is 2.15. The standard InChI is InChI=1S/C28H35N3O8/c1-14(27(34)30-15(2)28(35)39-7)29-21-11-9-18-19(13-22(21)33)20(31-16(3)32)10-8-17-12-23(36-4)25(37-5)26(38-6)24(17)18/h9,11-15,20H,8,10H2,1-7H3,(H,29,33)(H,30,34)(H,31,32)/t14-,15-,20-/m1/s1. The maximum atomic E-state index is 13.4. The minimum Gasteiger partial charge on any atom is -0.493 e. The lowest BCUT2D eigenvalue weighted by Gasteiger charge is -2.19. The molecule has 2 aromatic carbocycles.